The molecule has 0 aliphatic heterocycles. The van der Waals surface area contributed by atoms with Crippen molar-refractivity contribution >= 4 is 0 Å². The van der Waals surface area contributed by atoms with E-state index < -0.39 is 177 Å². The first-order valence-corrected chi connectivity index (χ1v) is 40.3. The molecule has 0 aliphatic rings. The number of rotatable bonds is 40. The third kappa shape index (κ3) is 45.8. The third-order valence-corrected chi connectivity index (χ3v) is 24.6. The standard InChI is InChI=1S/8C13H26O2/c8*1-9-15-13(6,7)11(3)10(2)12(4,5)14-8/h8*9H2,1-8H3/b8*11-10-/i1D3,8D,9D2;1D3,8D,9D;1D2,8D,9D2;1D2,8D,9D;1D,8D,9D2;1D,8D,9D;8D,9D2;8D,9D. The van der Waals surface area contributed by atoms with Crippen molar-refractivity contribution in [2.24, 2.45) is 0 Å². The van der Waals surface area contributed by atoms with Crippen molar-refractivity contribution in [3.8, 4) is 0 Å². The molecule has 0 aromatic carbocycles. The van der Waals surface area contributed by atoms with Crippen LogP contribution in [-0.4, -0.2) is 199 Å². The number of methoxy groups -OCH3 is 8. The molecule has 0 heterocycles. The second-order valence-electron chi connectivity index (χ2n) is 37.4. The first-order valence-electron chi connectivity index (χ1n) is 59.0. The van der Waals surface area contributed by atoms with Gasteiger partial charge in [0.15, 0.2) is 0 Å². The summed E-state index contributed by atoms with van der Waals surface area (Å²) in [5, 5.41) is 0. The fourth-order valence-electron chi connectivity index (χ4n) is 10.3. The van der Waals surface area contributed by atoms with E-state index in [1.807, 2.05) is 249 Å². The lowest BCUT2D eigenvalue weighted by atomic mass is 9.87. The van der Waals surface area contributed by atoms with Gasteiger partial charge in [0.2, 0.25) is 0 Å². The first kappa shape index (κ1) is 79.4. The quantitative estimate of drug-likeness (QED) is 0.0535. The van der Waals surface area contributed by atoms with Crippen LogP contribution in [0, 0.1) is 0 Å². The summed E-state index contributed by atoms with van der Waals surface area (Å²) < 4.78 is 321. The molecule has 120 heavy (non-hydrogen) atoms. The molecule has 0 fully saturated rings. The maximum atomic E-state index is 7.60. The average Bonchev–Trinajstić information content (AvgIpc) is 0.783. The summed E-state index contributed by atoms with van der Waals surface area (Å²) in [6, 6.07) is 0. The Kier molecular flexibility index (Phi) is 37.5. The van der Waals surface area contributed by atoms with Crippen LogP contribution >= 0.6 is 0 Å². The van der Waals surface area contributed by atoms with Gasteiger partial charge in [-0.25, -0.2) is 0 Å². The van der Waals surface area contributed by atoms with Gasteiger partial charge < -0.3 is 75.8 Å². The molecule has 0 N–H and O–H groups in total. The lowest BCUT2D eigenvalue weighted by Gasteiger charge is -2.33. The first-order chi connectivity index (χ1) is 66.9. The van der Waals surface area contributed by atoms with Gasteiger partial charge in [0.05, 0.1) is 117 Å². The van der Waals surface area contributed by atoms with E-state index in [1.165, 1.54) is 6.92 Å². The molecule has 16 heteroatoms. The van der Waals surface area contributed by atoms with Gasteiger partial charge in [-0.15, -0.1) is 0 Å². The Balaban J connectivity index is -0.000000260. The van der Waals surface area contributed by atoms with Gasteiger partial charge in [0, 0.05) is 126 Å². The summed E-state index contributed by atoms with van der Waals surface area (Å²) >= 11 is 0. The average molecular weight is 1750 g/mol. The Bertz CT molecular complexity index is 4250. The second kappa shape index (κ2) is 56.6. The van der Waals surface area contributed by atoms with E-state index in [9.17, 15) is 0 Å². The molecule has 0 saturated carbocycles. The van der Waals surface area contributed by atoms with E-state index in [1.54, 1.807) is 90.0 Å². The van der Waals surface area contributed by atoms with E-state index in [4.69, 9.17) is 120 Å². The Morgan fingerprint density at radius 3 is 0.517 bits per heavy atom. The Labute approximate surface area is 793 Å². The Hall–Kier alpha value is -2.72. The molecule has 0 saturated heterocycles. The molecule has 0 rings (SSSR count). The molecular weight excluding hydrogens is 1510 g/mol. The highest BCUT2D eigenvalue weighted by atomic mass is 16.5. The van der Waals surface area contributed by atoms with Gasteiger partial charge in [-0.1, -0.05) is 0 Å². The molecule has 0 aliphatic carbocycles. The zero-order valence-electron chi connectivity index (χ0n) is 118. The van der Waals surface area contributed by atoms with Crippen LogP contribution in [0.15, 0.2) is 89.2 Å². The highest BCUT2D eigenvalue weighted by molar-refractivity contribution is 5.31. The fraction of sp³-hybridized carbons (Fsp3) is 0.846. The molecule has 0 amide bonds. The van der Waals surface area contributed by atoms with Crippen LogP contribution in [0.25, 0.3) is 0 Å². The van der Waals surface area contributed by atoms with Gasteiger partial charge in [-0.05, 0) is 477 Å². The van der Waals surface area contributed by atoms with Crippen LogP contribution in [0.1, 0.15) is 431 Å². The largest absolute Gasteiger partial charge is 0.374 e. The Morgan fingerprint density at radius 1 is 0.175 bits per heavy atom. The summed E-state index contributed by atoms with van der Waals surface area (Å²) in [5.41, 5.74) is 3.17. The van der Waals surface area contributed by atoms with Crippen LogP contribution in [0.2, 0.25) is 0 Å². The smallest absolute Gasteiger partial charge is 0.0836 e. The molecule has 0 aromatic heterocycles. The van der Waals surface area contributed by atoms with E-state index in [-0.39, 0.29) is 63.6 Å². The fourth-order valence-corrected chi connectivity index (χ4v) is 10.3. The molecular formula is C104H208O16. The number of ether oxygens (including phenoxy) is 16. The van der Waals surface area contributed by atoms with Crippen LogP contribution in [0.5, 0.6) is 0 Å². The summed E-state index contributed by atoms with van der Waals surface area (Å²) in [4.78, 5) is 0. The summed E-state index contributed by atoms with van der Waals surface area (Å²) in [6.07, 6.45) is 0. The van der Waals surface area contributed by atoms with E-state index in [0.717, 1.165) is 83.6 Å². The van der Waals surface area contributed by atoms with Crippen molar-refractivity contribution < 1.29 is 120 Å². The lowest BCUT2D eigenvalue weighted by Crippen LogP contribution is -2.32. The number of hydrogen-bond donors (Lipinski definition) is 0. The molecule has 4 atom stereocenters. The van der Waals surface area contributed by atoms with E-state index >= 15 is 0 Å². The molecule has 0 spiro atoms. The zero-order chi connectivity index (χ0) is 124. The molecule has 0 bridgehead atoms. The minimum atomic E-state index is -2.87. The van der Waals surface area contributed by atoms with E-state index in [0.29, 0.717) is 5.57 Å². The predicted octanol–water partition coefficient (Wildman–Crippen LogP) is 28.5. The molecule has 16 nitrogen and oxygen atoms in total. The van der Waals surface area contributed by atoms with Gasteiger partial charge in [0.25, 0.3) is 0 Å². The van der Waals surface area contributed by atoms with Crippen molar-refractivity contribution in [3.63, 3.8) is 0 Å². The maximum absolute atomic E-state index is 7.60. The van der Waals surface area contributed by atoms with Crippen LogP contribution in [-0.2, 0) is 75.8 Å². The van der Waals surface area contributed by atoms with Crippen molar-refractivity contribution in [1.29, 1.82) is 0 Å². The topological polar surface area (TPSA) is 148 Å². The van der Waals surface area contributed by atoms with Gasteiger partial charge in [0.1, 0.15) is 0 Å². The van der Waals surface area contributed by atoms with Crippen LogP contribution < -0.4 is 0 Å². The Morgan fingerprint density at radius 2 is 0.350 bits per heavy atom. The van der Waals surface area contributed by atoms with Crippen LogP contribution in [0.3, 0.4) is 0 Å². The van der Waals surface area contributed by atoms with Crippen LogP contribution in [0.4, 0.5) is 0 Å². The predicted molar refractivity (Wildman–Crippen MR) is 521 cm³/mol. The van der Waals surface area contributed by atoms with Crippen molar-refractivity contribution in [2.45, 2.75) is 477 Å². The zero-order valence-corrected chi connectivity index (χ0v) is 86.1. The SMILES string of the molecule is [2H]COC(C)(C)/C(C)=C(/C)C(C)(C)OC([2H])([2H])C.[2H]COC(C)(C)/C(C)=C(/C)C(C)(C)OC([2H])([2H])C([2H])([2H])[2H].[2H]COC(C)(C)/C(C)=C(/C)C(C)(C)OC([2H])([2H])C([2H])[2H].[2H]COC(C)(C)/C(C)=C(/C)C(C)(C)OC([2H])([2H])C[2H].[2H]COC(C)(C)/C(C)=C(/C)C(C)(C)OC([2H])C.[2H]COC(C)(C)/C(C)=C(/C)C(C)(C)OC([2H])C([2H])([2H])[2H].[2H]COC(C)(C)/C(C)=C(/C)C(C)(C)OC([2H])C([2H])[2H].[2H]COC(C)(C)/C(C)=C(/C)C(C)(C)OC([2H])C[2H]. The molecule has 4 unspecified atom stereocenters. The van der Waals surface area contributed by atoms with E-state index in [2.05, 4.69) is 0 Å². The van der Waals surface area contributed by atoms with Crippen molar-refractivity contribution in [3.05, 3.63) is 89.2 Å². The second-order valence-corrected chi connectivity index (χ2v) is 37.4. The monoisotopic (exact) mass is 1750 g/mol. The number of hydrogen-bond acceptors (Lipinski definition) is 16. The summed E-state index contributed by atoms with van der Waals surface area (Å²) in [7, 11) is -1.03. The van der Waals surface area contributed by atoms with Crippen molar-refractivity contribution in [2.75, 3.05) is 109 Å². The van der Waals surface area contributed by atoms with Gasteiger partial charge >= 0.3 is 0 Å². The highest BCUT2D eigenvalue weighted by Crippen LogP contribution is 2.38. The normalized spacial score (nSPS) is 20.8. The van der Waals surface area contributed by atoms with Crippen molar-refractivity contribution in [1.82, 2.24) is 0 Å². The molecule has 720 valence electrons. The minimum Gasteiger partial charge on any atom is -0.374 e. The minimum absolute atomic E-state index is 0.0618. The highest BCUT2D eigenvalue weighted by Gasteiger charge is 2.36. The third-order valence-electron chi connectivity index (χ3n) is 24.6. The summed E-state index contributed by atoms with van der Waals surface area (Å²) in [6.45, 7) is 70.0. The summed E-state index contributed by atoms with van der Waals surface area (Å²) in [5.74, 6) is 0. The molecule has 0 aromatic rings. The van der Waals surface area contributed by atoms with Gasteiger partial charge in [-0.2, -0.15) is 0 Å². The molecule has 0 radical (unpaired) electrons. The maximum Gasteiger partial charge on any atom is 0.0836 e. The van der Waals surface area contributed by atoms with Gasteiger partial charge in [-0.3, -0.25) is 0 Å². The lowest BCUT2D eigenvalue weighted by molar-refractivity contribution is 0.0109.